The van der Waals surface area contributed by atoms with Gasteiger partial charge in [0.2, 0.25) is 5.91 Å². The third kappa shape index (κ3) is 4.72. The summed E-state index contributed by atoms with van der Waals surface area (Å²) in [6.07, 6.45) is 0.587. The van der Waals surface area contributed by atoms with Crippen LogP contribution in [0.2, 0.25) is 0 Å². The maximum Gasteiger partial charge on any atom is 0.318 e. The zero-order valence-electron chi connectivity index (χ0n) is 17.4. The van der Waals surface area contributed by atoms with E-state index in [4.69, 9.17) is 5.73 Å². The lowest BCUT2D eigenvalue weighted by molar-refractivity contribution is -0.133. The highest BCUT2D eigenvalue weighted by molar-refractivity contribution is 5.80. The van der Waals surface area contributed by atoms with Gasteiger partial charge in [-0.2, -0.15) is 0 Å². The topological polar surface area (TPSA) is 78.7 Å². The molecule has 2 fully saturated rings. The van der Waals surface area contributed by atoms with E-state index in [1.807, 2.05) is 30.3 Å². The fraction of sp³-hybridized carbons (Fsp3) is 0.391. The number of fused-ring (bicyclic) bond motifs is 2. The van der Waals surface area contributed by atoms with Crippen molar-refractivity contribution in [3.05, 3.63) is 71.0 Å². The van der Waals surface area contributed by atoms with Crippen molar-refractivity contribution >= 4 is 11.9 Å². The Morgan fingerprint density at radius 3 is 2.34 bits per heavy atom. The van der Waals surface area contributed by atoms with Gasteiger partial charge in [0.25, 0.3) is 0 Å². The summed E-state index contributed by atoms with van der Waals surface area (Å²) >= 11 is 0. The van der Waals surface area contributed by atoms with E-state index in [0.717, 1.165) is 11.6 Å². The fourth-order valence-corrected chi connectivity index (χ4v) is 4.51. The molecule has 0 unspecified atom stereocenters. The molecule has 3 amide bonds. The first-order valence-electron chi connectivity index (χ1n) is 10.6. The second-order valence-corrected chi connectivity index (χ2v) is 8.41. The Bertz CT molecular complexity index is 1000. The third-order valence-corrected chi connectivity index (χ3v) is 6.12. The average molecular weight is 446 g/mol. The molecule has 2 aromatic carbocycles. The van der Waals surface area contributed by atoms with Crippen molar-refractivity contribution in [1.82, 2.24) is 15.1 Å². The normalized spacial score (nSPS) is 20.5. The molecule has 0 saturated carbocycles. The molecule has 32 heavy (non-hydrogen) atoms. The molecule has 0 spiro atoms. The maximum absolute atomic E-state index is 13.8. The first kappa shape index (κ1) is 22.1. The summed E-state index contributed by atoms with van der Waals surface area (Å²) in [7, 11) is 0. The zero-order chi connectivity index (χ0) is 22.8. The number of carbonyl (C=O) groups is 2. The van der Waals surface area contributed by atoms with E-state index >= 15 is 0 Å². The molecule has 170 valence electrons. The van der Waals surface area contributed by atoms with E-state index in [1.165, 1.54) is 0 Å². The van der Waals surface area contributed by atoms with Gasteiger partial charge in [0, 0.05) is 38.2 Å². The summed E-state index contributed by atoms with van der Waals surface area (Å²) in [6, 6.07) is 9.85. The number of amides is 3. The summed E-state index contributed by atoms with van der Waals surface area (Å²) in [4.78, 5) is 28.7. The smallest absolute Gasteiger partial charge is 0.318 e. The number of nitrogens with one attached hydrogen (secondary N) is 1. The Kier molecular flexibility index (Phi) is 6.36. The minimum atomic E-state index is -1.26. The molecule has 0 radical (unpaired) electrons. The van der Waals surface area contributed by atoms with E-state index < -0.39 is 23.5 Å². The molecule has 0 aliphatic carbocycles. The van der Waals surface area contributed by atoms with Crippen molar-refractivity contribution in [3.8, 4) is 0 Å². The van der Waals surface area contributed by atoms with Crippen molar-refractivity contribution in [2.75, 3.05) is 13.1 Å². The van der Waals surface area contributed by atoms with Gasteiger partial charge in [-0.15, -0.1) is 0 Å². The highest BCUT2D eigenvalue weighted by Crippen LogP contribution is 2.31. The number of hydrogen-bond acceptors (Lipinski definition) is 3. The Labute approximate surface area is 184 Å². The molecular weight excluding hydrogens is 421 g/mol. The van der Waals surface area contributed by atoms with Crippen LogP contribution in [0, 0.1) is 17.5 Å². The predicted octanol–water partition coefficient (Wildman–Crippen LogP) is 2.56. The highest BCUT2D eigenvalue weighted by atomic mass is 19.2. The monoisotopic (exact) mass is 446 g/mol. The number of carbonyl (C=O) groups excluding carboxylic acids is 2. The van der Waals surface area contributed by atoms with Gasteiger partial charge in [-0.3, -0.25) is 4.79 Å². The van der Waals surface area contributed by atoms with Crippen LogP contribution in [-0.2, 0) is 17.8 Å². The first-order chi connectivity index (χ1) is 15.3. The van der Waals surface area contributed by atoms with Crippen LogP contribution in [0.1, 0.15) is 24.0 Å². The average Bonchev–Trinajstić information content (AvgIpc) is 3.38. The molecule has 9 heteroatoms. The number of piperazine rings is 1. The summed E-state index contributed by atoms with van der Waals surface area (Å²) in [5.74, 6) is -3.48. The molecular formula is C23H25F3N4O2. The standard InChI is InChI=1S/C23H25F3N4O2/c24-19-10-21(26)20(25)7-15(19)6-16(27)8-22(31)29-12-18-9-17(29)13-30(18)23(32)28-11-14-4-2-1-3-5-14/h1-5,7,10,16-18H,6,8-9,11-13,27H2,(H,28,32)/t16-,17-,18+/m1/s1. The minimum Gasteiger partial charge on any atom is -0.336 e. The zero-order valence-corrected chi connectivity index (χ0v) is 17.4. The van der Waals surface area contributed by atoms with Crippen molar-refractivity contribution in [1.29, 1.82) is 0 Å². The summed E-state index contributed by atoms with van der Waals surface area (Å²) < 4.78 is 40.3. The van der Waals surface area contributed by atoms with Crippen LogP contribution in [0.15, 0.2) is 42.5 Å². The number of likely N-dealkylation sites (tertiary alicyclic amines) is 2. The van der Waals surface area contributed by atoms with Crippen LogP contribution >= 0.6 is 0 Å². The van der Waals surface area contributed by atoms with E-state index in [9.17, 15) is 22.8 Å². The quantitative estimate of drug-likeness (QED) is 0.670. The van der Waals surface area contributed by atoms with Crippen molar-refractivity contribution < 1.29 is 22.8 Å². The number of nitrogens with zero attached hydrogens (tertiary/aromatic N) is 2. The van der Waals surface area contributed by atoms with Gasteiger partial charge in [-0.05, 0) is 30.0 Å². The molecule has 3 N–H and O–H groups in total. The van der Waals surface area contributed by atoms with Gasteiger partial charge in [0.1, 0.15) is 5.82 Å². The molecule has 2 saturated heterocycles. The SMILES string of the molecule is N[C@@H](CC(=O)N1C[C@@H]2C[C@@H]1CN2C(=O)NCc1ccccc1)Cc1cc(F)c(F)cc1F. The van der Waals surface area contributed by atoms with Gasteiger partial charge >= 0.3 is 6.03 Å². The van der Waals surface area contributed by atoms with Crippen LogP contribution in [0.5, 0.6) is 0 Å². The van der Waals surface area contributed by atoms with Gasteiger partial charge in [-0.1, -0.05) is 30.3 Å². The van der Waals surface area contributed by atoms with Crippen LogP contribution in [0.4, 0.5) is 18.0 Å². The van der Waals surface area contributed by atoms with E-state index in [1.54, 1.807) is 9.80 Å². The van der Waals surface area contributed by atoms with Gasteiger partial charge < -0.3 is 20.9 Å². The number of benzene rings is 2. The summed E-state index contributed by atoms with van der Waals surface area (Å²) in [5, 5.41) is 2.91. The van der Waals surface area contributed by atoms with Crippen LogP contribution < -0.4 is 11.1 Å². The molecule has 3 atom stereocenters. The lowest BCUT2D eigenvalue weighted by Gasteiger charge is -2.34. The molecule has 6 nitrogen and oxygen atoms in total. The molecule has 2 aliphatic rings. The molecule has 2 aliphatic heterocycles. The number of nitrogens with two attached hydrogens (primary N) is 1. The lowest BCUT2D eigenvalue weighted by atomic mass is 10.0. The lowest BCUT2D eigenvalue weighted by Crippen LogP contribution is -2.53. The minimum absolute atomic E-state index is 0.0398. The number of urea groups is 1. The number of halogens is 3. The summed E-state index contributed by atoms with van der Waals surface area (Å²) in [6.45, 7) is 1.31. The van der Waals surface area contributed by atoms with Gasteiger partial charge in [-0.25, -0.2) is 18.0 Å². The Hall–Kier alpha value is -3.07. The maximum atomic E-state index is 13.8. The Morgan fingerprint density at radius 1 is 1.00 bits per heavy atom. The first-order valence-corrected chi connectivity index (χ1v) is 10.6. The second kappa shape index (κ2) is 9.20. The molecule has 2 bridgehead atoms. The number of hydrogen-bond donors (Lipinski definition) is 2. The Balaban J connectivity index is 1.27. The second-order valence-electron chi connectivity index (χ2n) is 8.41. The Morgan fingerprint density at radius 2 is 1.66 bits per heavy atom. The van der Waals surface area contributed by atoms with Crippen molar-refractivity contribution in [3.63, 3.8) is 0 Å². The fourth-order valence-electron chi connectivity index (χ4n) is 4.51. The van der Waals surface area contributed by atoms with Crippen molar-refractivity contribution in [2.45, 2.75) is 43.9 Å². The van der Waals surface area contributed by atoms with Gasteiger partial charge in [0.15, 0.2) is 11.6 Å². The van der Waals surface area contributed by atoms with Crippen LogP contribution in [0.25, 0.3) is 0 Å². The highest BCUT2D eigenvalue weighted by Gasteiger charge is 2.47. The molecule has 2 heterocycles. The van der Waals surface area contributed by atoms with Crippen LogP contribution in [-0.4, -0.2) is 53.0 Å². The van der Waals surface area contributed by atoms with Crippen molar-refractivity contribution in [2.24, 2.45) is 5.73 Å². The largest absolute Gasteiger partial charge is 0.336 e. The van der Waals surface area contributed by atoms with Gasteiger partial charge in [0.05, 0.1) is 12.1 Å². The summed E-state index contributed by atoms with van der Waals surface area (Å²) in [5.41, 5.74) is 6.94. The number of rotatable bonds is 6. The van der Waals surface area contributed by atoms with E-state index in [0.29, 0.717) is 32.1 Å². The molecule has 0 aromatic heterocycles. The molecule has 4 rings (SSSR count). The van der Waals surface area contributed by atoms with E-state index in [-0.39, 0.29) is 42.4 Å². The van der Waals surface area contributed by atoms with E-state index in [2.05, 4.69) is 5.32 Å². The predicted molar refractivity (Wildman–Crippen MR) is 112 cm³/mol. The molecule has 2 aromatic rings. The third-order valence-electron chi connectivity index (χ3n) is 6.12. The van der Waals surface area contributed by atoms with Crippen LogP contribution in [0.3, 0.4) is 0 Å².